The Morgan fingerprint density at radius 1 is 1.45 bits per heavy atom. The average Bonchev–Trinajstić information content (AvgIpc) is 2.47. The Kier molecular flexibility index (Phi) is 4.53. The highest BCUT2D eigenvalue weighted by Gasteiger charge is 2.26. The van der Waals surface area contributed by atoms with Crippen molar-refractivity contribution in [2.24, 2.45) is 0 Å². The number of nitrogens with zero attached hydrogens (tertiary/aromatic N) is 2. The summed E-state index contributed by atoms with van der Waals surface area (Å²) >= 11 is 0. The Balaban J connectivity index is 2.19. The summed E-state index contributed by atoms with van der Waals surface area (Å²) in [6, 6.07) is 6.47. The van der Waals surface area contributed by atoms with Gasteiger partial charge in [-0.05, 0) is 38.4 Å². The predicted octanol–water partition coefficient (Wildman–Crippen LogP) is 2.38. The van der Waals surface area contributed by atoms with Crippen LogP contribution in [0.5, 0.6) is 5.75 Å². The highest BCUT2D eigenvalue weighted by molar-refractivity contribution is 5.52. The molecule has 0 aromatic heterocycles. The third-order valence-electron chi connectivity index (χ3n) is 3.65. The summed E-state index contributed by atoms with van der Waals surface area (Å²) in [5.41, 5.74) is -0.155. The summed E-state index contributed by atoms with van der Waals surface area (Å²) in [4.78, 5) is 10.4. The second kappa shape index (κ2) is 6.35. The zero-order valence-electron chi connectivity index (χ0n) is 11.3. The van der Waals surface area contributed by atoms with Gasteiger partial charge in [0, 0.05) is 6.04 Å². The highest BCUT2D eigenvalue weighted by Crippen LogP contribution is 2.28. The molecule has 2 atom stereocenters. The molecule has 0 aliphatic heterocycles. The summed E-state index contributed by atoms with van der Waals surface area (Å²) in [5.74, 6) is 0.447. The molecule has 2 unspecified atom stereocenters. The summed E-state index contributed by atoms with van der Waals surface area (Å²) in [6.07, 6.45) is 4.25. The van der Waals surface area contributed by atoms with E-state index in [9.17, 15) is 10.1 Å². The molecule has 2 rings (SSSR count). The average molecular weight is 275 g/mol. The topological polar surface area (TPSA) is 88.2 Å². The third-order valence-corrected chi connectivity index (χ3v) is 3.65. The van der Waals surface area contributed by atoms with Crippen LogP contribution < -0.4 is 10.1 Å². The van der Waals surface area contributed by atoms with Crippen LogP contribution in [0.4, 0.5) is 5.69 Å². The highest BCUT2D eigenvalue weighted by atomic mass is 16.6. The van der Waals surface area contributed by atoms with Crippen molar-refractivity contribution in [3.05, 3.63) is 33.9 Å². The fourth-order valence-corrected chi connectivity index (χ4v) is 2.57. The summed E-state index contributed by atoms with van der Waals surface area (Å²) in [7, 11) is 1.90. The molecule has 1 aromatic rings. The SMILES string of the molecule is CNC1CCCCC1Oc1ccc(C#N)c([N+](=O)[O-])c1. The molecule has 0 radical (unpaired) electrons. The quantitative estimate of drug-likeness (QED) is 0.673. The molecule has 6 heteroatoms. The van der Waals surface area contributed by atoms with E-state index in [1.165, 1.54) is 18.6 Å². The standard InChI is InChI=1S/C14H17N3O3/c1-16-12-4-2-3-5-14(12)20-11-7-6-10(9-15)13(8-11)17(18)19/h6-8,12,14,16H,2-5H2,1H3. The van der Waals surface area contributed by atoms with Gasteiger partial charge >= 0.3 is 0 Å². The van der Waals surface area contributed by atoms with Gasteiger partial charge in [-0.25, -0.2) is 0 Å². The number of nitro benzene ring substituents is 1. The monoisotopic (exact) mass is 275 g/mol. The minimum atomic E-state index is -0.554. The molecule has 20 heavy (non-hydrogen) atoms. The molecular weight excluding hydrogens is 258 g/mol. The van der Waals surface area contributed by atoms with Gasteiger partial charge in [0.25, 0.3) is 5.69 Å². The smallest absolute Gasteiger partial charge is 0.290 e. The fraction of sp³-hybridized carbons (Fsp3) is 0.500. The zero-order chi connectivity index (χ0) is 14.5. The van der Waals surface area contributed by atoms with E-state index in [4.69, 9.17) is 10.00 Å². The first-order chi connectivity index (χ1) is 9.65. The molecule has 1 aromatic carbocycles. The normalized spacial score (nSPS) is 22.0. The van der Waals surface area contributed by atoms with Crippen molar-refractivity contribution >= 4 is 5.69 Å². The fourth-order valence-electron chi connectivity index (χ4n) is 2.57. The lowest BCUT2D eigenvalue weighted by atomic mass is 9.92. The van der Waals surface area contributed by atoms with Crippen LogP contribution in [0.3, 0.4) is 0 Å². The Morgan fingerprint density at radius 2 is 2.20 bits per heavy atom. The first-order valence-electron chi connectivity index (χ1n) is 6.68. The number of hydrogen-bond donors (Lipinski definition) is 1. The van der Waals surface area contributed by atoms with Gasteiger partial charge in [-0.15, -0.1) is 0 Å². The lowest BCUT2D eigenvalue weighted by molar-refractivity contribution is -0.385. The maximum absolute atomic E-state index is 10.9. The van der Waals surface area contributed by atoms with Crippen molar-refractivity contribution in [3.8, 4) is 11.8 Å². The van der Waals surface area contributed by atoms with Crippen molar-refractivity contribution in [3.63, 3.8) is 0 Å². The lowest BCUT2D eigenvalue weighted by Crippen LogP contribution is -2.43. The van der Waals surface area contributed by atoms with Gasteiger partial charge in [-0.3, -0.25) is 10.1 Å². The number of ether oxygens (including phenoxy) is 1. The van der Waals surface area contributed by atoms with Crippen molar-refractivity contribution in [2.75, 3.05) is 7.05 Å². The van der Waals surface area contributed by atoms with Gasteiger partial charge in [-0.1, -0.05) is 6.42 Å². The number of hydrogen-bond acceptors (Lipinski definition) is 5. The van der Waals surface area contributed by atoms with E-state index in [1.54, 1.807) is 6.07 Å². The largest absolute Gasteiger partial charge is 0.489 e. The van der Waals surface area contributed by atoms with E-state index in [-0.39, 0.29) is 23.4 Å². The number of likely N-dealkylation sites (N-methyl/N-ethyl adjacent to an activating group) is 1. The van der Waals surface area contributed by atoms with Gasteiger partial charge in [-0.2, -0.15) is 5.26 Å². The molecule has 0 spiro atoms. The van der Waals surface area contributed by atoms with Crippen LogP contribution in [0.2, 0.25) is 0 Å². The Labute approximate surface area is 117 Å². The van der Waals surface area contributed by atoms with Gasteiger partial charge in [0.05, 0.1) is 11.0 Å². The number of nitrogens with one attached hydrogen (secondary N) is 1. The van der Waals surface area contributed by atoms with Crippen LogP contribution in [0, 0.1) is 21.4 Å². The van der Waals surface area contributed by atoms with Crippen LogP contribution in [-0.4, -0.2) is 24.1 Å². The van der Waals surface area contributed by atoms with Crippen molar-refractivity contribution < 1.29 is 9.66 Å². The van der Waals surface area contributed by atoms with Gasteiger partial charge in [0.1, 0.15) is 23.5 Å². The molecule has 0 bridgehead atoms. The molecule has 0 saturated heterocycles. The Bertz CT molecular complexity index is 539. The molecule has 106 valence electrons. The molecule has 0 heterocycles. The van der Waals surface area contributed by atoms with E-state index in [1.807, 2.05) is 13.1 Å². The van der Waals surface area contributed by atoms with E-state index < -0.39 is 4.92 Å². The summed E-state index contributed by atoms with van der Waals surface area (Å²) < 4.78 is 5.87. The molecule has 6 nitrogen and oxygen atoms in total. The summed E-state index contributed by atoms with van der Waals surface area (Å²) in [5, 5.41) is 23.0. The molecule has 1 aliphatic rings. The van der Waals surface area contributed by atoms with Crippen LogP contribution in [0.25, 0.3) is 0 Å². The van der Waals surface area contributed by atoms with Gasteiger partial charge < -0.3 is 10.1 Å². The van der Waals surface area contributed by atoms with Crippen LogP contribution >= 0.6 is 0 Å². The van der Waals surface area contributed by atoms with Crippen LogP contribution in [0.15, 0.2) is 18.2 Å². The van der Waals surface area contributed by atoms with Crippen molar-refractivity contribution in [1.82, 2.24) is 5.32 Å². The molecular formula is C14H17N3O3. The van der Waals surface area contributed by atoms with E-state index in [0.29, 0.717) is 5.75 Å². The molecule has 0 amide bonds. The minimum absolute atomic E-state index is 0.0151. The van der Waals surface area contributed by atoms with E-state index in [0.717, 1.165) is 19.3 Å². The maximum atomic E-state index is 10.9. The first-order valence-corrected chi connectivity index (χ1v) is 6.68. The Morgan fingerprint density at radius 3 is 2.85 bits per heavy atom. The van der Waals surface area contributed by atoms with Crippen molar-refractivity contribution in [2.45, 2.75) is 37.8 Å². The molecule has 1 fully saturated rings. The summed E-state index contributed by atoms with van der Waals surface area (Å²) in [6.45, 7) is 0. The number of benzene rings is 1. The molecule has 1 N–H and O–H groups in total. The second-order valence-corrected chi connectivity index (χ2v) is 4.88. The predicted molar refractivity (Wildman–Crippen MR) is 73.5 cm³/mol. The van der Waals surface area contributed by atoms with Crippen LogP contribution in [-0.2, 0) is 0 Å². The first kappa shape index (κ1) is 14.3. The molecule has 1 aliphatic carbocycles. The number of rotatable bonds is 4. The van der Waals surface area contributed by atoms with Gasteiger partial charge in [0.15, 0.2) is 0 Å². The van der Waals surface area contributed by atoms with Gasteiger partial charge in [0.2, 0.25) is 0 Å². The van der Waals surface area contributed by atoms with E-state index >= 15 is 0 Å². The van der Waals surface area contributed by atoms with Crippen molar-refractivity contribution in [1.29, 1.82) is 5.26 Å². The minimum Gasteiger partial charge on any atom is -0.489 e. The Hall–Kier alpha value is -2.13. The maximum Gasteiger partial charge on any atom is 0.290 e. The van der Waals surface area contributed by atoms with Crippen LogP contribution in [0.1, 0.15) is 31.2 Å². The zero-order valence-corrected chi connectivity index (χ0v) is 11.3. The third kappa shape index (κ3) is 3.06. The lowest BCUT2D eigenvalue weighted by Gasteiger charge is -2.31. The molecule has 1 saturated carbocycles. The number of nitro groups is 1. The van der Waals surface area contributed by atoms with E-state index in [2.05, 4.69) is 5.32 Å². The second-order valence-electron chi connectivity index (χ2n) is 4.88. The number of nitriles is 1.